The minimum Gasteiger partial charge on any atom is -0.327 e. The van der Waals surface area contributed by atoms with Gasteiger partial charge in [-0.15, -0.1) is 12.4 Å². The van der Waals surface area contributed by atoms with Crippen molar-refractivity contribution in [3.05, 3.63) is 41.0 Å². The van der Waals surface area contributed by atoms with E-state index in [1.807, 2.05) is 24.4 Å². The van der Waals surface area contributed by atoms with Gasteiger partial charge in [0, 0.05) is 42.3 Å². The van der Waals surface area contributed by atoms with Crippen molar-refractivity contribution in [1.82, 2.24) is 9.88 Å². The molecular formula is C18H23Cl2N3. The van der Waals surface area contributed by atoms with Gasteiger partial charge in [-0.05, 0) is 48.4 Å². The molecule has 2 fully saturated rings. The fourth-order valence-electron chi connectivity index (χ4n) is 4.30. The van der Waals surface area contributed by atoms with Crippen LogP contribution in [0.15, 0.2) is 30.5 Å². The Kier molecular flexibility index (Phi) is 5.12. The first kappa shape index (κ1) is 17.0. The molecule has 2 aliphatic rings. The van der Waals surface area contributed by atoms with Gasteiger partial charge >= 0.3 is 0 Å². The summed E-state index contributed by atoms with van der Waals surface area (Å²) in [4.78, 5) is 7.11. The Morgan fingerprint density at radius 3 is 2.91 bits per heavy atom. The summed E-state index contributed by atoms with van der Waals surface area (Å²) in [6.07, 6.45) is 5.68. The third kappa shape index (κ3) is 3.20. The molecule has 2 aromatic rings. The minimum absolute atomic E-state index is 0. The molecule has 1 saturated carbocycles. The Labute approximate surface area is 148 Å². The maximum atomic E-state index is 6.33. The monoisotopic (exact) mass is 351 g/mol. The normalized spacial score (nSPS) is 27.7. The van der Waals surface area contributed by atoms with E-state index in [1.54, 1.807) is 0 Å². The number of nitrogens with two attached hydrogens (primary N) is 1. The van der Waals surface area contributed by atoms with Crippen LogP contribution in [0.2, 0.25) is 5.02 Å². The Morgan fingerprint density at radius 2 is 2.09 bits per heavy atom. The zero-order valence-corrected chi connectivity index (χ0v) is 14.7. The van der Waals surface area contributed by atoms with Gasteiger partial charge in [0.25, 0.3) is 0 Å². The SMILES string of the molecule is Cl.NC1CCCC2CN(Cc3ccc(Cl)c4cccnc34)CC12. The first-order valence-electron chi connectivity index (χ1n) is 8.22. The van der Waals surface area contributed by atoms with Crippen molar-refractivity contribution >= 4 is 34.9 Å². The number of likely N-dealkylation sites (tertiary alicyclic amines) is 1. The topological polar surface area (TPSA) is 42.1 Å². The van der Waals surface area contributed by atoms with Crippen molar-refractivity contribution in [3.8, 4) is 0 Å². The quantitative estimate of drug-likeness (QED) is 0.892. The van der Waals surface area contributed by atoms with Crippen LogP contribution in [0, 0.1) is 11.8 Å². The van der Waals surface area contributed by atoms with Crippen molar-refractivity contribution < 1.29 is 0 Å². The van der Waals surface area contributed by atoms with Gasteiger partial charge in [-0.2, -0.15) is 0 Å². The lowest BCUT2D eigenvalue weighted by Gasteiger charge is -2.29. The van der Waals surface area contributed by atoms with Crippen LogP contribution < -0.4 is 5.73 Å². The van der Waals surface area contributed by atoms with Crippen LogP contribution in [0.3, 0.4) is 0 Å². The van der Waals surface area contributed by atoms with E-state index in [2.05, 4.69) is 16.0 Å². The van der Waals surface area contributed by atoms with Crippen LogP contribution in [0.25, 0.3) is 10.9 Å². The number of fused-ring (bicyclic) bond motifs is 2. The molecule has 1 aliphatic heterocycles. The van der Waals surface area contributed by atoms with Crippen molar-refractivity contribution in [1.29, 1.82) is 0 Å². The van der Waals surface area contributed by atoms with Crippen LogP contribution in [-0.4, -0.2) is 29.0 Å². The standard InChI is InChI=1S/C18H22ClN3.ClH/c19-16-7-6-13(18-14(16)4-2-8-21-18)10-22-9-12-3-1-5-17(20)15(12)11-22;/h2,4,6-8,12,15,17H,1,3,5,9-11,20H2;1H. The van der Waals surface area contributed by atoms with E-state index in [1.165, 1.54) is 31.4 Å². The van der Waals surface area contributed by atoms with E-state index in [-0.39, 0.29) is 12.4 Å². The highest BCUT2D eigenvalue weighted by Gasteiger charge is 2.38. The molecule has 3 unspecified atom stereocenters. The minimum atomic E-state index is 0. The molecule has 2 heterocycles. The van der Waals surface area contributed by atoms with Crippen LogP contribution in [0.1, 0.15) is 24.8 Å². The van der Waals surface area contributed by atoms with E-state index in [4.69, 9.17) is 17.3 Å². The molecule has 0 spiro atoms. The number of pyridine rings is 1. The Balaban J connectivity index is 0.00000156. The predicted molar refractivity (Wildman–Crippen MR) is 98.1 cm³/mol. The fourth-order valence-corrected chi connectivity index (χ4v) is 4.52. The molecule has 4 rings (SSSR count). The highest BCUT2D eigenvalue weighted by molar-refractivity contribution is 6.35. The van der Waals surface area contributed by atoms with Crippen LogP contribution in [0.5, 0.6) is 0 Å². The number of hydrogen-bond donors (Lipinski definition) is 1. The smallest absolute Gasteiger partial charge is 0.0761 e. The first-order chi connectivity index (χ1) is 10.7. The highest BCUT2D eigenvalue weighted by atomic mass is 35.5. The molecule has 23 heavy (non-hydrogen) atoms. The molecule has 124 valence electrons. The van der Waals surface area contributed by atoms with E-state index < -0.39 is 0 Å². The van der Waals surface area contributed by atoms with Crippen molar-refractivity contribution in [2.24, 2.45) is 17.6 Å². The Bertz CT molecular complexity index is 691. The number of benzene rings is 1. The number of halogens is 2. The molecular weight excluding hydrogens is 329 g/mol. The van der Waals surface area contributed by atoms with Crippen molar-refractivity contribution in [2.45, 2.75) is 31.8 Å². The lowest BCUT2D eigenvalue weighted by Crippen LogP contribution is -2.38. The third-order valence-corrected chi connectivity index (χ3v) is 5.75. The summed E-state index contributed by atoms with van der Waals surface area (Å²) in [5.41, 5.74) is 8.64. The van der Waals surface area contributed by atoms with E-state index in [0.717, 1.165) is 34.9 Å². The van der Waals surface area contributed by atoms with Gasteiger partial charge in [0.05, 0.1) is 5.52 Å². The molecule has 3 atom stereocenters. The Hall–Kier alpha value is -0.870. The summed E-state index contributed by atoms with van der Waals surface area (Å²) < 4.78 is 0. The molecule has 3 nitrogen and oxygen atoms in total. The third-order valence-electron chi connectivity index (χ3n) is 5.42. The maximum absolute atomic E-state index is 6.33. The Morgan fingerprint density at radius 1 is 1.22 bits per heavy atom. The van der Waals surface area contributed by atoms with Gasteiger partial charge < -0.3 is 5.73 Å². The second-order valence-corrected chi connectivity index (χ2v) is 7.23. The summed E-state index contributed by atoms with van der Waals surface area (Å²) in [6, 6.07) is 8.51. The molecule has 1 aromatic carbocycles. The van der Waals surface area contributed by atoms with E-state index in [9.17, 15) is 0 Å². The van der Waals surface area contributed by atoms with Crippen molar-refractivity contribution in [2.75, 3.05) is 13.1 Å². The second-order valence-electron chi connectivity index (χ2n) is 6.82. The average molecular weight is 352 g/mol. The number of nitrogens with zero attached hydrogens (tertiary/aromatic N) is 2. The van der Waals surface area contributed by atoms with Gasteiger partial charge in [-0.1, -0.05) is 24.1 Å². The van der Waals surface area contributed by atoms with Crippen LogP contribution >= 0.6 is 24.0 Å². The van der Waals surface area contributed by atoms with Gasteiger partial charge in [-0.25, -0.2) is 0 Å². The van der Waals surface area contributed by atoms with Gasteiger partial charge in [0.2, 0.25) is 0 Å². The largest absolute Gasteiger partial charge is 0.327 e. The number of aromatic nitrogens is 1. The fraction of sp³-hybridized carbons (Fsp3) is 0.500. The number of hydrogen-bond acceptors (Lipinski definition) is 3. The summed E-state index contributed by atoms with van der Waals surface area (Å²) >= 11 is 6.29. The maximum Gasteiger partial charge on any atom is 0.0761 e. The molecule has 1 aromatic heterocycles. The molecule has 0 radical (unpaired) electrons. The molecule has 1 aliphatic carbocycles. The lowest BCUT2D eigenvalue weighted by molar-refractivity contribution is 0.259. The van der Waals surface area contributed by atoms with Gasteiger partial charge in [0.1, 0.15) is 0 Å². The van der Waals surface area contributed by atoms with Gasteiger partial charge in [0.15, 0.2) is 0 Å². The summed E-state index contributed by atoms with van der Waals surface area (Å²) in [5.74, 6) is 1.47. The molecule has 2 N–H and O–H groups in total. The summed E-state index contributed by atoms with van der Waals surface area (Å²) in [6.45, 7) is 3.25. The zero-order chi connectivity index (χ0) is 15.1. The first-order valence-corrected chi connectivity index (χ1v) is 8.60. The highest BCUT2D eigenvalue weighted by Crippen LogP contribution is 2.36. The van der Waals surface area contributed by atoms with E-state index >= 15 is 0 Å². The van der Waals surface area contributed by atoms with Gasteiger partial charge in [-0.3, -0.25) is 9.88 Å². The van der Waals surface area contributed by atoms with Crippen LogP contribution in [-0.2, 0) is 6.54 Å². The molecule has 1 saturated heterocycles. The lowest BCUT2D eigenvalue weighted by atomic mass is 9.78. The van der Waals surface area contributed by atoms with Crippen molar-refractivity contribution in [3.63, 3.8) is 0 Å². The average Bonchev–Trinajstić information content (AvgIpc) is 2.95. The zero-order valence-electron chi connectivity index (χ0n) is 13.1. The number of rotatable bonds is 2. The molecule has 0 bridgehead atoms. The summed E-state index contributed by atoms with van der Waals surface area (Å²) in [7, 11) is 0. The second kappa shape index (κ2) is 6.94. The molecule has 0 amide bonds. The van der Waals surface area contributed by atoms with Crippen LogP contribution in [0.4, 0.5) is 0 Å². The predicted octanol–water partition coefficient (Wildman–Crippen LogP) is 3.87. The summed E-state index contributed by atoms with van der Waals surface area (Å²) in [5, 5.41) is 1.83. The molecule has 5 heteroatoms. The van der Waals surface area contributed by atoms with E-state index in [0.29, 0.717) is 12.0 Å².